The Kier molecular flexibility index (Phi) is 4.11. The third-order valence-corrected chi connectivity index (χ3v) is 6.30. The molecule has 5 heteroatoms. The van der Waals surface area contributed by atoms with Gasteiger partial charge in [-0.25, -0.2) is 0 Å². The number of likely N-dealkylation sites (tertiary alicyclic amines) is 1. The number of primary amides is 1. The average molecular weight is 330 g/mol. The molecule has 3 fully saturated rings. The molecule has 1 aromatic rings. The largest absolute Gasteiger partial charge is 0.378 e. The first kappa shape index (κ1) is 16.1. The molecule has 3 atom stereocenters. The van der Waals surface area contributed by atoms with Gasteiger partial charge >= 0.3 is 0 Å². The van der Waals surface area contributed by atoms with Crippen molar-refractivity contribution in [3.63, 3.8) is 0 Å². The van der Waals surface area contributed by atoms with Gasteiger partial charge in [-0.05, 0) is 30.5 Å². The summed E-state index contributed by atoms with van der Waals surface area (Å²) in [4.78, 5) is 14.2. The molecule has 3 aliphatic rings. The first-order valence-electron chi connectivity index (χ1n) is 8.92. The normalized spacial score (nSPS) is 33.9. The molecule has 1 saturated carbocycles. The minimum Gasteiger partial charge on any atom is -0.378 e. The van der Waals surface area contributed by atoms with Crippen molar-refractivity contribution in [2.75, 3.05) is 33.4 Å². The highest BCUT2D eigenvalue weighted by Crippen LogP contribution is 2.52. The molecule has 0 radical (unpaired) electrons. The van der Waals surface area contributed by atoms with Crippen LogP contribution in [0.1, 0.15) is 35.2 Å². The summed E-state index contributed by atoms with van der Waals surface area (Å²) in [6, 6.07) is 8.33. The van der Waals surface area contributed by atoms with Crippen LogP contribution in [-0.4, -0.2) is 50.3 Å². The predicted octanol–water partition coefficient (Wildman–Crippen LogP) is 1.76. The van der Waals surface area contributed by atoms with Crippen molar-refractivity contribution >= 4 is 5.91 Å². The summed E-state index contributed by atoms with van der Waals surface area (Å²) in [5, 5.41) is 0. The minimum atomic E-state index is -0.377. The van der Waals surface area contributed by atoms with Crippen molar-refractivity contribution in [2.24, 2.45) is 17.6 Å². The van der Waals surface area contributed by atoms with Crippen LogP contribution in [0.3, 0.4) is 0 Å². The number of benzene rings is 1. The highest BCUT2D eigenvalue weighted by Gasteiger charge is 2.54. The molecular weight excluding hydrogens is 304 g/mol. The Morgan fingerprint density at radius 3 is 2.54 bits per heavy atom. The van der Waals surface area contributed by atoms with Gasteiger partial charge in [0.15, 0.2) is 0 Å². The van der Waals surface area contributed by atoms with E-state index in [9.17, 15) is 4.79 Å². The fraction of sp³-hybridized carbons (Fsp3) is 0.632. The van der Waals surface area contributed by atoms with Crippen LogP contribution in [0.5, 0.6) is 0 Å². The Bertz CT molecular complexity index is 615. The number of ether oxygens (including phenoxy) is 2. The lowest BCUT2D eigenvalue weighted by atomic mass is 9.62. The van der Waals surface area contributed by atoms with E-state index < -0.39 is 0 Å². The average Bonchev–Trinajstić information content (AvgIpc) is 2.52. The Morgan fingerprint density at radius 2 is 2.00 bits per heavy atom. The third kappa shape index (κ3) is 2.38. The van der Waals surface area contributed by atoms with Crippen molar-refractivity contribution in [1.82, 2.24) is 4.90 Å². The molecule has 4 rings (SSSR count). The monoisotopic (exact) mass is 330 g/mol. The van der Waals surface area contributed by atoms with E-state index >= 15 is 0 Å². The van der Waals surface area contributed by atoms with Crippen LogP contribution in [0.4, 0.5) is 0 Å². The molecule has 0 aromatic heterocycles. The molecule has 2 saturated heterocycles. The minimum absolute atomic E-state index is 0.301. The summed E-state index contributed by atoms with van der Waals surface area (Å²) in [5.41, 5.74) is 6.88. The lowest BCUT2D eigenvalue weighted by molar-refractivity contribution is -0.191. The summed E-state index contributed by atoms with van der Waals surface area (Å²) >= 11 is 0. The van der Waals surface area contributed by atoms with Crippen LogP contribution in [0.2, 0.25) is 0 Å². The molecule has 2 N–H and O–H groups in total. The van der Waals surface area contributed by atoms with E-state index in [2.05, 4.69) is 11.0 Å². The molecule has 5 nitrogen and oxygen atoms in total. The Hall–Kier alpha value is -1.43. The number of carbonyl (C=O) groups is 1. The molecule has 0 unspecified atom stereocenters. The molecular formula is C19H26N2O3. The number of carbonyl (C=O) groups excluding carboxylic acids is 1. The number of methoxy groups -OCH3 is 1. The molecule has 0 spiro atoms. The fourth-order valence-corrected chi connectivity index (χ4v) is 5.04. The predicted molar refractivity (Wildman–Crippen MR) is 90.7 cm³/mol. The van der Waals surface area contributed by atoms with Gasteiger partial charge < -0.3 is 15.2 Å². The second-order valence-electron chi connectivity index (χ2n) is 7.41. The van der Waals surface area contributed by atoms with Gasteiger partial charge in [-0.2, -0.15) is 0 Å². The molecule has 130 valence electrons. The molecule has 1 aliphatic carbocycles. The van der Waals surface area contributed by atoms with Crippen LogP contribution in [-0.2, 0) is 15.1 Å². The molecule has 24 heavy (non-hydrogen) atoms. The van der Waals surface area contributed by atoms with Gasteiger partial charge in [-0.3, -0.25) is 9.69 Å². The van der Waals surface area contributed by atoms with Crippen LogP contribution >= 0.6 is 0 Å². The molecule has 2 aliphatic heterocycles. The second kappa shape index (κ2) is 6.14. The van der Waals surface area contributed by atoms with Crippen LogP contribution in [0.15, 0.2) is 24.3 Å². The zero-order valence-electron chi connectivity index (χ0n) is 14.2. The highest BCUT2D eigenvalue weighted by atomic mass is 16.5. The smallest absolute Gasteiger partial charge is 0.248 e. The van der Waals surface area contributed by atoms with Crippen LogP contribution in [0.25, 0.3) is 0 Å². The second-order valence-corrected chi connectivity index (χ2v) is 7.41. The summed E-state index contributed by atoms with van der Waals surface area (Å²) < 4.78 is 11.6. The molecule has 1 amide bonds. The molecule has 2 bridgehead atoms. The van der Waals surface area contributed by atoms with Gasteiger partial charge in [0.2, 0.25) is 5.91 Å². The molecule has 2 heterocycles. The number of hydrogen-bond donors (Lipinski definition) is 1. The Labute approximate surface area is 143 Å². The number of nitrogens with two attached hydrogens (primary N) is 1. The van der Waals surface area contributed by atoms with Gasteiger partial charge in [0.05, 0.1) is 19.3 Å². The van der Waals surface area contributed by atoms with Gasteiger partial charge in [-0.15, -0.1) is 0 Å². The lowest BCUT2D eigenvalue weighted by Crippen LogP contribution is -2.63. The zero-order chi connectivity index (χ0) is 16.7. The first-order valence-corrected chi connectivity index (χ1v) is 8.92. The quantitative estimate of drug-likeness (QED) is 0.914. The summed E-state index contributed by atoms with van der Waals surface area (Å²) in [6.07, 6.45) is 3.58. The number of nitrogens with zero attached hydrogens (tertiary/aromatic N) is 1. The number of hydrogen-bond acceptors (Lipinski definition) is 4. The first-order chi connectivity index (χ1) is 11.6. The van der Waals surface area contributed by atoms with E-state index in [1.807, 2.05) is 19.2 Å². The van der Waals surface area contributed by atoms with Crippen molar-refractivity contribution < 1.29 is 14.3 Å². The van der Waals surface area contributed by atoms with E-state index in [4.69, 9.17) is 15.2 Å². The SMILES string of the molecule is CO[C@]1(c2cccc(C(N)=O)c2)[C@@H]2CCC[C@H]1CN(C1COC1)C2. The van der Waals surface area contributed by atoms with Gasteiger partial charge in [0.25, 0.3) is 0 Å². The van der Waals surface area contributed by atoms with E-state index in [-0.39, 0.29) is 11.5 Å². The number of piperidine rings is 1. The summed E-state index contributed by atoms with van der Waals surface area (Å²) in [6.45, 7) is 3.80. The fourth-order valence-electron chi connectivity index (χ4n) is 5.04. The van der Waals surface area contributed by atoms with Gasteiger partial charge in [0.1, 0.15) is 5.60 Å². The van der Waals surface area contributed by atoms with Crippen molar-refractivity contribution in [1.29, 1.82) is 0 Å². The topological polar surface area (TPSA) is 64.8 Å². The third-order valence-electron chi connectivity index (χ3n) is 6.30. The standard InChI is InChI=1S/C19H26N2O3/c1-23-19(14-5-2-4-13(8-14)18(20)22)15-6-3-7-16(19)10-21(9-15)17-11-24-12-17/h2,4-5,8,15-17H,3,6-7,9-12H2,1H3,(H2,20,22)/t15-,16+,19-. The Balaban J connectivity index is 1.70. The highest BCUT2D eigenvalue weighted by molar-refractivity contribution is 5.92. The van der Waals surface area contributed by atoms with Crippen molar-refractivity contribution in [3.05, 3.63) is 35.4 Å². The van der Waals surface area contributed by atoms with E-state index in [1.165, 1.54) is 6.42 Å². The maximum atomic E-state index is 11.6. The number of amides is 1. The summed E-state index contributed by atoms with van der Waals surface area (Å²) in [5.74, 6) is 0.509. The van der Waals surface area contributed by atoms with Crippen molar-refractivity contribution in [2.45, 2.75) is 30.9 Å². The van der Waals surface area contributed by atoms with E-state index in [0.717, 1.165) is 44.7 Å². The van der Waals surface area contributed by atoms with Crippen LogP contribution < -0.4 is 5.73 Å². The van der Waals surface area contributed by atoms with Gasteiger partial charge in [-0.1, -0.05) is 18.6 Å². The Morgan fingerprint density at radius 1 is 1.29 bits per heavy atom. The molecule has 1 aromatic carbocycles. The maximum Gasteiger partial charge on any atom is 0.248 e. The van der Waals surface area contributed by atoms with Gasteiger partial charge in [0, 0.05) is 37.6 Å². The van der Waals surface area contributed by atoms with Crippen molar-refractivity contribution in [3.8, 4) is 0 Å². The lowest BCUT2D eigenvalue weighted by Gasteiger charge is -2.57. The number of fused-ring (bicyclic) bond motifs is 2. The van der Waals surface area contributed by atoms with E-state index in [1.54, 1.807) is 6.07 Å². The van der Waals surface area contributed by atoms with Crippen LogP contribution in [0, 0.1) is 11.8 Å². The number of rotatable bonds is 4. The zero-order valence-corrected chi connectivity index (χ0v) is 14.2. The summed E-state index contributed by atoms with van der Waals surface area (Å²) in [7, 11) is 1.82. The maximum absolute atomic E-state index is 11.6. The van der Waals surface area contributed by atoms with E-state index in [0.29, 0.717) is 23.4 Å².